The zero-order valence-corrected chi connectivity index (χ0v) is 16.9. The topological polar surface area (TPSA) is 75.7 Å². The third-order valence-electron chi connectivity index (χ3n) is 4.97. The van der Waals surface area contributed by atoms with Crippen molar-refractivity contribution in [3.8, 4) is 5.75 Å². The van der Waals surface area contributed by atoms with Crippen LogP contribution >= 0.6 is 0 Å². The Labute approximate surface area is 157 Å². The zero-order valence-electron chi connectivity index (χ0n) is 16.1. The van der Waals surface area contributed by atoms with Crippen LogP contribution in [-0.2, 0) is 10.0 Å². The molecule has 0 aromatic heterocycles. The van der Waals surface area contributed by atoms with Crippen LogP contribution in [0.2, 0.25) is 0 Å². The van der Waals surface area contributed by atoms with Crippen LogP contribution < -0.4 is 10.1 Å². The second-order valence-electron chi connectivity index (χ2n) is 7.19. The van der Waals surface area contributed by atoms with Crippen molar-refractivity contribution in [2.45, 2.75) is 57.4 Å². The lowest BCUT2D eigenvalue weighted by molar-refractivity contribution is 0.0930. The van der Waals surface area contributed by atoms with Gasteiger partial charge < -0.3 is 10.1 Å². The Kier molecular flexibility index (Phi) is 7.06. The third-order valence-corrected chi connectivity index (χ3v) is 6.89. The second kappa shape index (κ2) is 8.86. The number of nitrogens with one attached hydrogen (secondary N) is 1. The number of rotatable bonds is 6. The van der Waals surface area contributed by atoms with Gasteiger partial charge in [0.2, 0.25) is 10.0 Å². The zero-order chi connectivity index (χ0) is 19.3. The SMILES string of the molecule is COc1ccc(C(=O)NC(C)C(C)C)cc1S(=O)(=O)N1CCCCCC1. The Balaban J connectivity index is 2.35. The molecule has 0 spiro atoms. The molecule has 146 valence electrons. The third kappa shape index (κ3) is 4.76. The molecule has 1 amide bonds. The molecule has 1 aliphatic heterocycles. The molecule has 1 aromatic carbocycles. The van der Waals surface area contributed by atoms with Gasteiger partial charge >= 0.3 is 0 Å². The van der Waals surface area contributed by atoms with Crippen molar-refractivity contribution in [1.82, 2.24) is 9.62 Å². The summed E-state index contributed by atoms with van der Waals surface area (Å²) in [5, 5.41) is 2.91. The van der Waals surface area contributed by atoms with Gasteiger partial charge in [-0.1, -0.05) is 26.7 Å². The molecule has 1 aromatic rings. The molecule has 1 heterocycles. The molecular formula is C19H30N2O4S. The molecule has 6 nitrogen and oxygen atoms in total. The smallest absolute Gasteiger partial charge is 0.251 e. The monoisotopic (exact) mass is 382 g/mol. The number of amides is 1. The minimum atomic E-state index is -3.70. The Bertz CT molecular complexity index is 723. The highest BCUT2D eigenvalue weighted by Crippen LogP contribution is 2.29. The summed E-state index contributed by atoms with van der Waals surface area (Å²) in [6.07, 6.45) is 3.79. The lowest BCUT2D eigenvalue weighted by atomic mass is 10.1. The van der Waals surface area contributed by atoms with Crippen LogP contribution in [0.5, 0.6) is 5.75 Å². The predicted octanol–water partition coefficient (Wildman–Crippen LogP) is 3.03. The lowest BCUT2D eigenvalue weighted by Gasteiger charge is -2.22. The van der Waals surface area contributed by atoms with E-state index in [1.165, 1.54) is 17.5 Å². The van der Waals surface area contributed by atoms with Crippen LogP contribution in [0.3, 0.4) is 0 Å². The van der Waals surface area contributed by atoms with Gasteiger partial charge in [-0.25, -0.2) is 8.42 Å². The largest absolute Gasteiger partial charge is 0.495 e. The fraction of sp³-hybridized carbons (Fsp3) is 0.632. The fourth-order valence-electron chi connectivity index (χ4n) is 2.90. The minimum absolute atomic E-state index is 0.00438. The van der Waals surface area contributed by atoms with Gasteiger partial charge in [0.05, 0.1) is 7.11 Å². The molecule has 1 saturated heterocycles. The van der Waals surface area contributed by atoms with Crippen molar-refractivity contribution in [1.29, 1.82) is 0 Å². The average Bonchev–Trinajstić information content (AvgIpc) is 2.90. The van der Waals surface area contributed by atoms with Crippen molar-refractivity contribution in [3.05, 3.63) is 23.8 Å². The highest BCUT2D eigenvalue weighted by atomic mass is 32.2. The summed E-state index contributed by atoms with van der Waals surface area (Å²) in [6.45, 7) is 6.99. The van der Waals surface area contributed by atoms with E-state index < -0.39 is 10.0 Å². The first-order chi connectivity index (χ1) is 12.3. The lowest BCUT2D eigenvalue weighted by Crippen LogP contribution is -2.36. The highest BCUT2D eigenvalue weighted by Gasteiger charge is 2.29. The van der Waals surface area contributed by atoms with E-state index in [1.54, 1.807) is 12.1 Å². The van der Waals surface area contributed by atoms with E-state index in [9.17, 15) is 13.2 Å². The maximum absolute atomic E-state index is 13.1. The molecule has 0 saturated carbocycles. The van der Waals surface area contributed by atoms with E-state index in [0.717, 1.165) is 25.7 Å². The molecule has 1 N–H and O–H groups in total. The minimum Gasteiger partial charge on any atom is -0.495 e. The second-order valence-corrected chi connectivity index (χ2v) is 9.10. The number of methoxy groups -OCH3 is 1. The van der Waals surface area contributed by atoms with Gasteiger partial charge in [0.25, 0.3) is 5.91 Å². The van der Waals surface area contributed by atoms with Crippen molar-refractivity contribution < 1.29 is 17.9 Å². The predicted molar refractivity (Wildman–Crippen MR) is 102 cm³/mol. The molecule has 1 aliphatic rings. The van der Waals surface area contributed by atoms with Gasteiger partial charge in [-0.05, 0) is 43.9 Å². The normalized spacial score (nSPS) is 17.6. The average molecular weight is 383 g/mol. The Hall–Kier alpha value is -1.60. The van der Waals surface area contributed by atoms with Gasteiger partial charge in [0, 0.05) is 24.7 Å². The first kappa shape index (κ1) is 20.7. The molecule has 1 atom stereocenters. The first-order valence-corrected chi connectivity index (χ1v) is 10.7. The number of hydrogen-bond acceptors (Lipinski definition) is 4. The number of hydrogen-bond donors (Lipinski definition) is 1. The van der Waals surface area contributed by atoms with Gasteiger partial charge in [0.15, 0.2) is 0 Å². The number of carbonyl (C=O) groups is 1. The van der Waals surface area contributed by atoms with Crippen molar-refractivity contribution in [2.24, 2.45) is 5.92 Å². The molecule has 1 fully saturated rings. The molecule has 0 radical (unpaired) electrons. The summed E-state index contributed by atoms with van der Waals surface area (Å²) >= 11 is 0. The fourth-order valence-corrected chi connectivity index (χ4v) is 4.60. The van der Waals surface area contributed by atoms with E-state index in [-0.39, 0.29) is 28.5 Å². The molecule has 0 bridgehead atoms. The number of ether oxygens (including phenoxy) is 1. The number of sulfonamides is 1. The molecule has 2 rings (SSSR count). The van der Waals surface area contributed by atoms with Gasteiger partial charge in [-0.15, -0.1) is 0 Å². The maximum atomic E-state index is 13.1. The summed E-state index contributed by atoms with van der Waals surface area (Å²) in [5.41, 5.74) is 0.326. The van der Waals surface area contributed by atoms with Crippen LogP contribution in [0.25, 0.3) is 0 Å². The number of benzene rings is 1. The van der Waals surface area contributed by atoms with E-state index >= 15 is 0 Å². The van der Waals surface area contributed by atoms with Gasteiger partial charge in [-0.2, -0.15) is 4.31 Å². The van der Waals surface area contributed by atoms with Crippen LogP contribution in [0.1, 0.15) is 56.8 Å². The molecule has 26 heavy (non-hydrogen) atoms. The summed E-state index contributed by atoms with van der Waals surface area (Å²) in [4.78, 5) is 12.6. The van der Waals surface area contributed by atoms with E-state index in [2.05, 4.69) is 5.32 Å². The summed E-state index contributed by atoms with van der Waals surface area (Å²) in [6, 6.07) is 4.58. The Morgan fingerprint density at radius 1 is 1.12 bits per heavy atom. The molecule has 7 heteroatoms. The summed E-state index contributed by atoms with van der Waals surface area (Å²) < 4.78 is 33.1. The first-order valence-electron chi connectivity index (χ1n) is 9.26. The van der Waals surface area contributed by atoms with E-state index in [4.69, 9.17) is 4.74 Å². The standard InChI is InChI=1S/C19H30N2O4S/c1-14(2)15(3)20-19(22)16-9-10-17(25-4)18(13-16)26(23,24)21-11-7-5-6-8-12-21/h9-10,13-15H,5-8,11-12H2,1-4H3,(H,20,22). The number of carbonyl (C=O) groups excluding carboxylic acids is 1. The Morgan fingerprint density at radius 3 is 2.27 bits per heavy atom. The molecule has 1 unspecified atom stereocenters. The van der Waals surface area contributed by atoms with Crippen LogP contribution in [0.15, 0.2) is 23.1 Å². The summed E-state index contributed by atoms with van der Waals surface area (Å²) in [7, 11) is -2.26. The van der Waals surface area contributed by atoms with Crippen LogP contribution in [0, 0.1) is 5.92 Å². The number of nitrogens with zero attached hydrogens (tertiary/aromatic N) is 1. The van der Waals surface area contributed by atoms with Crippen LogP contribution in [0.4, 0.5) is 0 Å². The van der Waals surface area contributed by atoms with E-state index in [0.29, 0.717) is 18.7 Å². The summed E-state index contributed by atoms with van der Waals surface area (Å²) in [5.74, 6) is 0.279. The highest BCUT2D eigenvalue weighted by molar-refractivity contribution is 7.89. The molecular weight excluding hydrogens is 352 g/mol. The molecule has 0 aliphatic carbocycles. The van der Waals surface area contributed by atoms with E-state index in [1.807, 2.05) is 20.8 Å². The Morgan fingerprint density at radius 2 is 1.73 bits per heavy atom. The quantitative estimate of drug-likeness (QED) is 0.820. The maximum Gasteiger partial charge on any atom is 0.251 e. The van der Waals surface area contributed by atoms with Crippen LogP contribution in [-0.4, -0.2) is 44.9 Å². The van der Waals surface area contributed by atoms with Gasteiger partial charge in [0.1, 0.15) is 10.6 Å². The van der Waals surface area contributed by atoms with Crippen molar-refractivity contribution in [3.63, 3.8) is 0 Å². The van der Waals surface area contributed by atoms with Gasteiger partial charge in [-0.3, -0.25) is 4.79 Å². The van der Waals surface area contributed by atoms with Crippen molar-refractivity contribution >= 4 is 15.9 Å². The van der Waals surface area contributed by atoms with Crippen molar-refractivity contribution in [2.75, 3.05) is 20.2 Å².